The van der Waals surface area contributed by atoms with Crippen molar-refractivity contribution in [1.29, 1.82) is 0 Å². The minimum Gasteiger partial charge on any atom is -0.481 e. The van der Waals surface area contributed by atoms with Gasteiger partial charge in [0, 0.05) is 30.8 Å². The van der Waals surface area contributed by atoms with E-state index in [1.807, 2.05) is 6.92 Å². The molecule has 1 heterocycles. The van der Waals surface area contributed by atoms with Gasteiger partial charge in [0.15, 0.2) is 0 Å². The number of carbonyl (C=O) groups is 2. The van der Waals surface area contributed by atoms with Crippen LogP contribution in [-0.4, -0.2) is 28.5 Å². The van der Waals surface area contributed by atoms with Gasteiger partial charge in [-0.2, -0.15) is 4.39 Å². The second-order valence-electron chi connectivity index (χ2n) is 5.00. The molecule has 0 spiro atoms. The Kier molecular flexibility index (Phi) is 7.36. The van der Waals surface area contributed by atoms with E-state index in [4.69, 9.17) is 5.11 Å². The van der Waals surface area contributed by atoms with Gasteiger partial charge in [-0.05, 0) is 24.8 Å². The predicted molar refractivity (Wildman–Crippen MR) is 76.4 cm³/mol. The third kappa shape index (κ3) is 6.83. The molecule has 0 radical (unpaired) electrons. The molecule has 0 fully saturated rings. The first-order chi connectivity index (χ1) is 10.0. The molecule has 0 aliphatic carbocycles. The molecule has 0 aliphatic rings. The monoisotopic (exact) mass is 296 g/mol. The van der Waals surface area contributed by atoms with Crippen molar-refractivity contribution in [3.05, 3.63) is 29.8 Å². The SMILES string of the molecule is CCCC(CCNC(=O)c1ccnc(F)c1)CCC(=O)O. The number of rotatable bonds is 9. The highest BCUT2D eigenvalue weighted by molar-refractivity contribution is 5.93. The number of carbonyl (C=O) groups excluding carboxylic acids is 1. The zero-order chi connectivity index (χ0) is 15.7. The third-order valence-corrected chi connectivity index (χ3v) is 3.29. The van der Waals surface area contributed by atoms with Crippen molar-refractivity contribution < 1.29 is 19.1 Å². The van der Waals surface area contributed by atoms with E-state index in [0.717, 1.165) is 25.3 Å². The highest BCUT2D eigenvalue weighted by atomic mass is 19.1. The highest BCUT2D eigenvalue weighted by Gasteiger charge is 2.12. The Morgan fingerprint density at radius 1 is 1.38 bits per heavy atom. The van der Waals surface area contributed by atoms with Crippen molar-refractivity contribution in [2.75, 3.05) is 6.54 Å². The van der Waals surface area contributed by atoms with Gasteiger partial charge in [0.1, 0.15) is 0 Å². The normalized spacial score (nSPS) is 11.9. The number of carboxylic acid groups (broad SMARTS) is 1. The number of nitrogens with one attached hydrogen (secondary N) is 1. The van der Waals surface area contributed by atoms with E-state index in [1.54, 1.807) is 0 Å². The molecule has 0 saturated carbocycles. The molecule has 6 heteroatoms. The van der Waals surface area contributed by atoms with Crippen LogP contribution in [0.2, 0.25) is 0 Å². The Hall–Kier alpha value is -1.98. The van der Waals surface area contributed by atoms with Crippen molar-refractivity contribution in [3.63, 3.8) is 0 Å². The van der Waals surface area contributed by atoms with Gasteiger partial charge in [-0.3, -0.25) is 9.59 Å². The van der Waals surface area contributed by atoms with E-state index in [1.165, 1.54) is 12.3 Å². The summed E-state index contributed by atoms with van der Waals surface area (Å²) in [5, 5.41) is 11.4. The lowest BCUT2D eigenvalue weighted by molar-refractivity contribution is -0.137. The summed E-state index contributed by atoms with van der Waals surface area (Å²) in [4.78, 5) is 25.8. The van der Waals surface area contributed by atoms with Crippen molar-refractivity contribution >= 4 is 11.9 Å². The molecule has 21 heavy (non-hydrogen) atoms. The minimum absolute atomic E-state index is 0.147. The van der Waals surface area contributed by atoms with Crippen LogP contribution in [0.15, 0.2) is 18.3 Å². The van der Waals surface area contributed by atoms with E-state index in [0.29, 0.717) is 13.0 Å². The number of hydrogen-bond donors (Lipinski definition) is 2. The first-order valence-corrected chi connectivity index (χ1v) is 7.14. The van der Waals surface area contributed by atoms with Gasteiger partial charge in [0.05, 0.1) is 0 Å². The summed E-state index contributed by atoms with van der Waals surface area (Å²) in [5.41, 5.74) is 0.236. The predicted octanol–water partition coefficient (Wildman–Crippen LogP) is 2.62. The van der Waals surface area contributed by atoms with Gasteiger partial charge in [0.25, 0.3) is 5.91 Å². The number of halogens is 1. The third-order valence-electron chi connectivity index (χ3n) is 3.29. The molecule has 5 nitrogen and oxygen atoms in total. The highest BCUT2D eigenvalue weighted by Crippen LogP contribution is 2.17. The maximum Gasteiger partial charge on any atom is 0.303 e. The van der Waals surface area contributed by atoms with E-state index >= 15 is 0 Å². The molecule has 1 amide bonds. The molecule has 0 aromatic carbocycles. The van der Waals surface area contributed by atoms with Crippen molar-refractivity contribution in [1.82, 2.24) is 10.3 Å². The fourth-order valence-corrected chi connectivity index (χ4v) is 2.20. The molecule has 116 valence electrons. The maximum atomic E-state index is 12.9. The Labute approximate surface area is 123 Å². The van der Waals surface area contributed by atoms with Gasteiger partial charge < -0.3 is 10.4 Å². The summed E-state index contributed by atoms with van der Waals surface area (Å²) >= 11 is 0. The van der Waals surface area contributed by atoms with Crippen LogP contribution in [0.25, 0.3) is 0 Å². The van der Waals surface area contributed by atoms with Crippen LogP contribution in [0.1, 0.15) is 49.4 Å². The molecule has 1 aromatic rings. The lowest BCUT2D eigenvalue weighted by Gasteiger charge is -2.15. The average molecular weight is 296 g/mol. The van der Waals surface area contributed by atoms with Gasteiger partial charge >= 0.3 is 5.97 Å². The fourth-order valence-electron chi connectivity index (χ4n) is 2.20. The minimum atomic E-state index is -0.799. The Morgan fingerprint density at radius 3 is 2.76 bits per heavy atom. The standard InChI is InChI=1S/C15H21FN2O3/c1-2-3-11(4-5-14(19)20)6-8-18-15(21)12-7-9-17-13(16)10-12/h7,9-11H,2-6,8H2,1H3,(H,18,21)(H,19,20). The summed E-state index contributed by atoms with van der Waals surface area (Å²) in [6.07, 6.45) is 4.65. The van der Waals surface area contributed by atoms with Crippen LogP contribution in [0.4, 0.5) is 4.39 Å². The number of hydrogen-bond acceptors (Lipinski definition) is 3. The molecule has 1 rings (SSSR count). The summed E-state index contributed by atoms with van der Waals surface area (Å²) in [6.45, 7) is 2.50. The Balaban J connectivity index is 2.38. The topological polar surface area (TPSA) is 79.3 Å². The van der Waals surface area contributed by atoms with Crippen LogP contribution in [0, 0.1) is 11.9 Å². The number of aliphatic carboxylic acids is 1. The number of amides is 1. The summed E-state index contributed by atoms with van der Waals surface area (Å²) in [7, 11) is 0. The van der Waals surface area contributed by atoms with Crippen LogP contribution in [0.5, 0.6) is 0 Å². The molecule has 1 aromatic heterocycles. The van der Waals surface area contributed by atoms with Crippen molar-refractivity contribution in [2.24, 2.45) is 5.92 Å². The Morgan fingerprint density at radius 2 is 2.14 bits per heavy atom. The zero-order valence-electron chi connectivity index (χ0n) is 12.1. The largest absolute Gasteiger partial charge is 0.481 e. The Bertz CT molecular complexity index is 480. The fraction of sp³-hybridized carbons (Fsp3) is 0.533. The van der Waals surface area contributed by atoms with E-state index in [2.05, 4.69) is 10.3 Å². The zero-order valence-corrected chi connectivity index (χ0v) is 12.1. The first kappa shape index (κ1) is 17.1. The number of nitrogens with zero attached hydrogens (tertiary/aromatic N) is 1. The molecule has 0 bridgehead atoms. The van der Waals surface area contributed by atoms with E-state index in [-0.39, 0.29) is 23.8 Å². The smallest absolute Gasteiger partial charge is 0.303 e. The van der Waals surface area contributed by atoms with Crippen LogP contribution in [0.3, 0.4) is 0 Å². The van der Waals surface area contributed by atoms with E-state index in [9.17, 15) is 14.0 Å². The van der Waals surface area contributed by atoms with Crippen molar-refractivity contribution in [2.45, 2.75) is 39.0 Å². The number of pyridine rings is 1. The van der Waals surface area contributed by atoms with Gasteiger partial charge in [0.2, 0.25) is 5.95 Å². The van der Waals surface area contributed by atoms with E-state index < -0.39 is 11.9 Å². The van der Waals surface area contributed by atoms with Gasteiger partial charge in [-0.15, -0.1) is 0 Å². The van der Waals surface area contributed by atoms with Gasteiger partial charge in [-0.25, -0.2) is 4.98 Å². The second-order valence-corrected chi connectivity index (χ2v) is 5.00. The molecule has 0 aliphatic heterocycles. The summed E-state index contributed by atoms with van der Waals surface area (Å²) in [5.74, 6) is -1.55. The number of carboxylic acids is 1. The lowest BCUT2D eigenvalue weighted by atomic mass is 9.94. The maximum absolute atomic E-state index is 12.9. The molecule has 1 atom stereocenters. The second kappa shape index (κ2) is 9.05. The van der Waals surface area contributed by atoms with Crippen LogP contribution in [-0.2, 0) is 4.79 Å². The quantitative estimate of drug-likeness (QED) is 0.687. The molecule has 2 N–H and O–H groups in total. The van der Waals surface area contributed by atoms with Crippen LogP contribution >= 0.6 is 0 Å². The molecular formula is C15H21FN2O3. The van der Waals surface area contributed by atoms with Crippen LogP contribution < -0.4 is 5.32 Å². The average Bonchev–Trinajstić information content (AvgIpc) is 2.44. The van der Waals surface area contributed by atoms with Gasteiger partial charge in [-0.1, -0.05) is 19.8 Å². The molecular weight excluding hydrogens is 275 g/mol. The molecule has 0 saturated heterocycles. The number of aromatic nitrogens is 1. The van der Waals surface area contributed by atoms with Crippen molar-refractivity contribution in [3.8, 4) is 0 Å². The first-order valence-electron chi connectivity index (χ1n) is 7.14. The molecule has 1 unspecified atom stereocenters. The summed E-state index contributed by atoms with van der Waals surface area (Å²) in [6, 6.07) is 2.54. The summed E-state index contributed by atoms with van der Waals surface area (Å²) < 4.78 is 12.9. The lowest BCUT2D eigenvalue weighted by Crippen LogP contribution is -2.26.